The highest BCUT2D eigenvalue weighted by molar-refractivity contribution is 5.87. The number of benzene rings is 1. The molecule has 1 amide bonds. The van der Waals surface area contributed by atoms with Gasteiger partial charge in [-0.25, -0.2) is 5.01 Å². The summed E-state index contributed by atoms with van der Waals surface area (Å²) in [7, 11) is 0. The van der Waals surface area contributed by atoms with Crippen molar-refractivity contribution in [2.45, 2.75) is 52.0 Å². The molecule has 1 saturated carbocycles. The monoisotopic (exact) mass is 358 g/mol. The van der Waals surface area contributed by atoms with Gasteiger partial charge in [0.25, 0.3) is 5.91 Å². The molecule has 1 fully saturated rings. The van der Waals surface area contributed by atoms with E-state index in [1.54, 1.807) is 0 Å². The second-order valence-corrected chi connectivity index (χ2v) is 7.44. The molecule has 6 heteroatoms. The van der Waals surface area contributed by atoms with Crippen molar-refractivity contribution in [3.05, 3.63) is 35.4 Å². The van der Waals surface area contributed by atoms with E-state index < -0.39 is 11.9 Å². The van der Waals surface area contributed by atoms with Crippen molar-refractivity contribution >= 4 is 17.8 Å². The molecule has 3 rings (SSSR count). The maximum Gasteiger partial charge on any atom is 0.311 e. The maximum atomic E-state index is 12.0. The highest BCUT2D eigenvalue weighted by Crippen LogP contribution is 2.37. The van der Waals surface area contributed by atoms with Crippen LogP contribution in [-0.4, -0.2) is 34.5 Å². The van der Waals surface area contributed by atoms with Crippen molar-refractivity contribution in [3.63, 3.8) is 0 Å². The lowest BCUT2D eigenvalue weighted by Gasteiger charge is -2.25. The number of rotatable bonds is 6. The molecule has 0 aromatic heterocycles. The molecule has 1 aromatic carbocycles. The standard InChI is InChI=1S/C20H26N2O4/c1-13(2)19-21-22(17(23)12-26-19)11-14-7-9-16(10-8-14)18(20(24)25)15-5-3-4-6-15/h7-10,13,15,18H,3-6,11-12H2,1-2H3,(H,24,25). The van der Waals surface area contributed by atoms with Gasteiger partial charge in [-0.3, -0.25) is 9.59 Å². The van der Waals surface area contributed by atoms with Gasteiger partial charge in [-0.05, 0) is 29.9 Å². The van der Waals surface area contributed by atoms with Crippen LogP contribution in [0.3, 0.4) is 0 Å². The Kier molecular flexibility index (Phi) is 5.59. The molecule has 6 nitrogen and oxygen atoms in total. The number of aliphatic carboxylic acids is 1. The van der Waals surface area contributed by atoms with Crippen molar-refractivity contribution in [2.24, 2.45) is 16.9 Å². The van der Waals surface area contributed by atoms with Crippen LogP contribution in [0.4, 0.5) is 0 Å². The quantitative estimate of drug-likeness (QED) is 0.845. The van der Waals surface area contributed by atoms with E-state index in [1.165, 1.54) is 5.01 Å². The van der Waals surface area contributed by atoms with E-state index in [9.17, 15) is 14.7 Å². The summed E-state index contributed by atoms with van der Waals surface area (Å²) in [6, 6.07) is 7.55. The summed E-state index contributed by atoms with van der Waals surface area (Å²) in [6.07, 6.45) is 4.19. The lowest BCUT2D eigenvalue weighted by atomic mass is 9.84. The topological polar surface area (TPSA) is 79.2 Å². The first-order valence-electron chi connectivity index (χ1n) is 9.29. The number of hydrogen-bond donors (Lipinski definition) is 1. The number of ether oxygens (including phenoxy) is 1. The Hall–Kier alpha value is -2.37. The van der Waals surface area contributed by atoms with Gasteiger partial charge >= 0.3 is 5.97 Å². The Morgan fingerprint density at radius 1 is 1.27 bits per heavy atom. The number of carboxylic acids is 1. The number of hydrazone groups is 1. The number of amides is 1. The minimum atomic E-state index is -0.751. The van der Waals surface area contributed by atoms with Gasteiger partial charge in [-0.1, -0.05) is 51.0 Å². The lowest BCUT2D eigenvalue weighted by molar-refractivity contribution is -0.140. The number of carbonyl (C=O) groups is 2. The van der Waals surface area contributed by atoms with Crippen LogP contribution in [-0.2, 0) is 20.9 Å². The predicted molar refractivity (Wildman–Crippen MR) is 97.6 cm³/mol. The molecule has 0 bridgehead atoms. The fraction of sp³-hybridized carbons (Fsp3) is 0.550. The summed E-state index contributed by atoms with van der Waals surface area (Å²) >= 11 is 0. The van der Waals surface area contributed by atoms with Crippen LogP contribution in [0.15, 0.2) is 29.4 Å². The first kappa shape index (κ1) is 18.4. The van der Waals surface area contributed by atoms with Crippen LogP contribution in [0.2, 0.25) is 0 Å². The smallest absolute Gasteiger partial charge is 0.311 e. The molecule has 0 radical (unpaired) electrons. The normalized spacial score (nSPS) is 19.4. The van der Waals surface area contributed by atoms with Gasteiger partial charge in [-0.2, -0.15) is 0 Å². The third-order valence-electron chi connectivity index (χ3n) is 5.15. The van der Waals surface area contributed by atoms with Crippen LogP contribution in [0.25, 0.3) is 0 Å². The van der Waals surface area contributed by atoms with Crippen molar-refractivity contribution in [1.82, 2.24) is 5.01 Å². The van der Waals surface area contributed by atoms with E-state index in [0.717, 1.165) is 36.8 Å². The Bertz CT molecular complexity index is 690. The van der Waals surface area contributed by atoms with E-state index in [0.29, 0.717) is 12.4 Å². The summed E-state index contributed by atoms with van der Waals surface area (Å²) in [4.78, 5) is 23.8. The highest BCUT2D eigenvalue weighted by Gasteiger charge is 2.32. The third kappa shape index (κ3) is 4.06. The lowest BCUT2D eigenvalue weighted by Crippen LogP contribution is -2.37. The fourth-order valence-corrected chi connectivity index (χ4v) is 3.73. The molecule has 1 heterocycles. The minimum Gasteiger partial charge on any atom is -0.481 e. The van der Waals surface area contributed by atoms with Gasteiger partial charge in [0, 0.05) is 5.92 Å². The van der Waals surface area contributed by atoms with Crippen molar-refractivity contribution < 1.29 is 19.4 Å². The first-order valence-corrected chi connectivity index (χ1v) is 9.29. The third-order valence-corrected chi connectivity index (χ3v) is 5.15. The maximum absolute atomic E-state index is 12.0. The van der Waals surface area contributed by atoms with Gasteiger partial charge in [-0.15, -0.1) is 5.10 Å². The molecular formula is C20H26N2O4. The summed E-state index contributed by atoms with van der Waals surface area (Å²) in [5.41, 5.74) is 1.76. The fourth-order valence-electron chi connectivity index (χ4n) is 3.73. The summed E-state index contributed by atoms with van der Waals surface area (Å²) in [5.74, 6) is -0.462. The van der Waals surface area contributed by atoms with Gasteiger partial charge in [0.05, 0.1) is 12.5 Å². The Morgan fingerprint density at radius 2 is 1.92 bits per heavy atom. The van der Waals surface area contributed by atoms with Gasteiger partial charge in [0.1, 0.15) is 0 Å². The van der Waals surface area contributed by atoms with E-state index in [-0.39, 0.29) is 24.3 Å². The molecule has 1 aromatic rings. The van der Waals surface area contributed by atoms with E-state index in [4.69, 9.17) is 4.74 Å². The molecule has 1 aliphatic heterocycles. The number of nitrogens with zero attached hydrogens (tertiary/aromatic N) is 2. The van der Waals surface area contributed by atoms with Crippen LogP contribution < -0.4 is 0 Å². The van der Waals surface area contributed by atoms with Crippen LogP contribution in [0.5, 0.6) is 0 Å². The van der Waals surface area contributed by atoms with Gasteiger partial charge < -0.3 is 9.84 Å². The van der Waals surface area contributed by atoms with Crippen molar-refractivity contribution in [3.8, 4) is 0 Å². The molecule has 0 spiro atoms. The van der Waals surface area contributed by atoms with Crippen LogP contribution in [0, 0.1) is 11.8 Å². The average Bonchev–Trinajstić information content (AvgIpc) is 3.12. The minimum absolute atomic E-state index is 0.0118. The predicted octanol–water partition coefficient (Wildman–Crippen LogP) is 3.37. The molecule has 0 saturated heterocycles. The van der Waals surface area contributed by atoms with Crippen LogP contribution >= 0.6 is 0 Å². The molecule has 26 heavy (non-hydrogen) atoms. The molecule has 1 atom stereocenters. The van der Waals surface area contributed by atoms with Gasteiger partial charge in [0.15, 0.2) is 6.61 Å². The van der Waals surface area contributed by atoms with Crippen LogP contribution in [0.1, 0.15) is 56.6 Å². The second-order valence-electron chi connectivity index (χ2n) is 7.44. The highest BCUT2D eigenvalue weighted by atomic mass is 16.5. The number of carbonyl (C=O) groups excluding carboxylic acids is 1. The van der Waals surface area contributed by atoms with E-state index >= 15 is 0 Å². The Morgan fingerprint density at radius 3 is 2.50 bits per heavy atom. The molecule has 140 valence electrons. The van der Waals surface area contributed by atoms with Crippen molar-refractivity contribution in [1.29, 1.82) is 0 Å². The van der Waals surface area contributed by atoms with E-state index in [2.05, 4.69) is 5.10 Å². The largest absolute Gasteiger partial charge is 0.481 e. The zero-order chi connectivity index (χ0) is 18.7. The zero-order valence-electron chi connectivity index (χ0n) is 15.4. The summed E-state index contributed by atoms with van der Waals surface area (Å²) < 4.78 is 5.35. The molecule has 2 aliphatic rings. The van der Waals surface area contributed by atoms with Gasteiger partial charge in [0.2, 0.25) is 5.90 Å². The zero-order valence-corrected chi connectivity index (χ0v) is 15.4. The average molecular weight is 358 g/mol. The molecular weight excluding hydrogens is 332 g/mol. The summed E-state index contributed by atoms with van der Waals surface area (Å²) in [5, 5.41) is 15.4. The number of hydrogen-bond acceptors (Lipinski definition) is 4. The van der Waals surface area contributed by atoms with E-state index in [1.807, 2.05) is 38.1 Å². The Balaban J connectivity index is 1.73. The SMILES string of the molecule is CC(C)C1=NN(Cc2ccc(C(C(=O)O)C3CCCC3)cc2)C(=O)CO1. The molecule has 1 aliphatic carbocycles. The Labute approximate surface area is 153 Å². The first-order chi connectivity index (χ1) is 12.5. The summed E-state index contributed by atoms with van der Waals surface area (Å²) in [6.45, 7) is 4.31. The van der Waals surface area contributed by atoms with Crippen molar-refractivity contribution in [2.75, 3.05) is 6.61 Å². The number of carboxylic acid groups (broad SMARTS) is 1. The molecule has 1 unspecified atom stereocenters. The second kappa shape index (κ2) is 7.89. The molecule has 1 N–H and O–H groups in total.